The summed E-state index contributed by atoms with van der Waals surface area (Å²) in [5.74, 6) is -0.202. The van der Waals surface area contributed by atoms with Crippen molar-refractivity contribution in [2.75, 3.05) is 0 Å². The highest BCUT2D eigenvalue weighted by Gasteiger charge is 2.21. The topological polar surface area (TPSA) is 108 Å². The van der Waals surface area contributed by atoms with Crippen molar-refractivity contribution in [1.82, 2.24) is 24.9 Å². The van der Waals surface area contributed by atoms with Gasteiger partial charge in [0.2, 0.25) is 5.91 Å². The molecule has 0 aliphatic rings. The fourth-order valence-electron chi connectivity index (χ4n) is 2.37. The Balaban J connectivity index is 1.90. The van der Waals surface area contributed by atoms with E-state index in [1.165, 1.54) is 4.68 Å². The predicted molar refractivity (Wildman–Crippen MR) is 87.7 cm³/mol. The summed E-state index contributed by atoms with van der Waals surface area (Å²) in [4.78, 5) is 22.5. The first-order valence-corrected chi connectivity index (χ1v) is 7.88. The van der Waals surface area contributed by atoms with Crippen LogP contribution in [-0.4, -0.2) is 30.4 Å². The minimum absolute atomic E-state index is 0.00713. The van der Waals surface area contributed by atoms with Crippen LogP contribution >= 0.6 is 11.6 Å². The van der Waals surface area contributed by atoms with Gasteiger partial charge in [-0.25, -0.2) is 0 Å². The summed E-state index contributed by atoms with van der Waals surface area (Å²) in [6.07, 6.45) is 1.86. The van der Waals surface area contributed by atoms with Gasteiger partial charge < -0.3 is 5.32 Å². The normalized spacial score (nSPS) is 10.8. The lowest BCUT2D eigenvalue weighted by Crippen LogP contribution is -2.24. The first kappa shape index (κ1) is 17.9. The number of hydrogen-bond acceptors (Lipinski definition) is 5. The van der Waals surface area contributed by atoms with Gasteiger partial charge in [-0.15, -0.1) is 0 Å². The van der Waals surface area contributed by atoms with Crippen LogP contribution < -0.4 is 5.32 Å². The number of amides is 1. The Kier molecular flexibility index (Phi) is 5.55. The highest BCUT2D eigenvalue weighted by atomic mass is 35.5. The molecule has 0 saturated carbocycles. The lowest BCUT2D eigenvalue weighted by Gasteiger charge is -2.05. The summed E-state index contributed by atoms with van der Waals surface area (Å²) >= 11 is 6.04. The Morgan fingerprint density at radius 2 is 2.12 bits per heavy atom. The molecule has 2 rings (SSSR count). The number of aryl methyl sites for hydroxylation is 3. The molecule has 0 fully saturated rings. The zero-order valence-electron chi connectivity index (χ0n) is 13.7. The fraction of sp³-hybridized carbons (Fsp3) is 0.500. The second-order valence-electron chi connectivity index (χ2n) is 5.31. The summed E-state index contributed by atoms with van der Waals surface area (Å²) in [6, 6.07) is 0. The highest BCUT2D eigenvalue weighted by molar-refractivity contribution is 6.31. The zero-order valence-corrected chi connectivity index (χ0v) is 14.5. The van der Waals surface area contributed by atoms with Crippen molar-refractivity contribution in [2.24, 2.45) is 0 Å². The number of carbonyl (C=O) groups is 1. The van der Waals surface area contributed by atoms with Crippen LogP contribution in [-0.2, 0) is 24.4 Å². The largest absolute Gasteiger partial charge is 0.350 e. The summed E-state index contributed by atoms with van der Waals surface area (Å²) in [5.41, 5.74) is 1.38. The molecule has 9 nitrogen and oxygen atoms in total. The Hall–Kier alpha value is -2.42. The number of rotatable bonds is 7. The van der Waals surface area contributed by atoms with E-state index in [2.05, 4.69) is 15.5 Å². The molecule has 130 valence electrons. The Labute approximate surface area is 143 Å². The molecule has 1 amide bonds. The van der Waals surface area contributed by atoms with Crippen molar-refractivity contribution in [3.8, 4) is 0 Å². The van der Waals surface area contributed by atoms with Crippen molar-refractivity contribution in [1.29, 1.82) is 0 Å². The molecule has 0 spiro atoms. The van der Waals surface area contributed by atoms with E-state index in [4.69, 9.17) is 11.6 Å². The van der Waals surface area contributed by atoms with Crippen LogP contribution in [0.3, 0.4) is 0 Å². The first-order chi connectivity index (χ1) is 11.3. The van der Waals surface area contributed by atoms with E-state index >= 15 is 0 Å². The van der Waals surface area contributed by atoms with Crippen molar-refractivity contribution in [3.63, 3.8) is 0 Å². The maximum absolute atomic E-state index is 12.0. The third kappa shape index (κ3) is 3.91. The Morgan fingerprint density at radius 1 is 1.42 bits per heavy atom. The van der Waals surface area contributed by atoms with Crippen molar-refractivity contribution >= 4 is 23.2 Å². The van der Waals surface area contributed by atoms with Gasteiger partial charge in [-0.1, -0.05) is 11.6 Å². The molecule has 2 aromatic rings. The van der Waals surface area contributed by atoms with Gasteiger partial charge in [-0.3, -0.25) is 24.3 Å². The Morgan fingerprint density at radius 3 is 2.67 bits per heavy atom. The highest BCUT2D eigenvalue weighted by Crippen LogP contribution is 2.21. The van der Waals surface area contributed by atoms with E-state index in [1.807, 2.05) is 6.92 Å². The first-order valence-electron chi connectivity index (χ1n) is 7.50. The van der Waals surface area contributed by atoms with Gasteiger partial charge in [0.25, 0.3) is 0 Å². The predicted octanol–water partition coefficient (Wildman–Crippen LogP) is 1.98. The van der Waals surface area contributed by atoms with Crippen molar-refractivity contribution in [2.45, 2.75) is 46.8 Å². The minimum Gasteiger partial charge on any atom is -0.350 e. The number of nitrogens with one attached hydrogen (secondary N) is 1. The number of aromatic nitrogens is 4. The number of carbonyl (C=O) groups excluding carboxylic acids is 1. The van der Waals surface area contributed by atoms with Crippen LogP contribution in [0.2, 0.25) is 5.02 Å². The van der Waals surface area contributed by atoms with Gasteiger partial charge in [0.05, 0.1) is 23.0 Å². The van der Waals surface area contributed by atoms with Gasteiger partial charge in [0, 0.05) is 19.2 Å². The molecule has 0 aliphatic carbocycles. The van der Waals surface area contributed by atoms with Gasteiger partial charge in [-0.2, -0.15) is 10.2 Å². The van der Waals surface area contributed by atoms with E-state index in [-0.39, 0.29) is 31.1 Å². The second kappa shape index (κ2) is 7.43. The molecular formula is C14H19ClN6O3. The fourth-order valence-corrected chi connectivity index (χ4v) is 2.58. The van der Waals surface area contributed by atoms with E-state index in [9.17, 15) is 14.9 Å². The van der Waals surface area contributed by atoms with E-state index < -0.39 is 4.92 Å². The maximum Gasteiger partial charge on any atom is 0.312 e. The van der Waals surface area contributed by atoms with E-state index in [1.54, 1.807) is 24.7 Å². The molecule has 1 N–H and O–H groups in total. The second-order valence-corrected chi connectivity index (χ2v) is 5.71. The molecule has 0 radical (unpaired) electrons. The molecular weight excluding hydrogens is 336 g/mol. The maximum atomic E-state index is 12.0. The molecule has 10 heteroatoms. The molecule has 0 atom stereocenters. The molecule has 0 saturated heterocycles. The average molecular weight is 355 g/mol. The van der Waals surface area contributed by atoms with Gasteiger partial charge in [0.15, 0.2) is 0 Å². The molecule has 2 aromatic heterocycles. The smallest absolute Gasteiger partial charge is 0.312 e. The Bertz CT molecular complexity index is 767. The third-order valence-electron chi connectivity index (χ3n) is 3.64. The van der Waals surface area contributed by atoms with Gasteiger partial charge >= 0.3 is 5.69 Å². The number of hydrogen-bond donors (Lipinski definition) is 1. The van der Waals surface area contributed by atoms with Gasteiger partial charge in [-0.05, 0) is 20.8 Å². The third-order valence-corrected chi connectivity index (χ3v) is 3.96. The summed E-state index contributed by atoms with van der Waals surface area (Å²) in [7, 11) is 0. The number of nitro groups is 1. The number of nitrogens with zero attached hydrogens (tertiary/aromatic N) is 5. The molecule has 0 unspecified atom stereocenters. The summed E-state index contributed by atoms with van der Waals surface area (Å²) < 4.78 is 3.17. The van der Waals surface area contributed by atoms with E-state index in [0.29, 0.717) is 28.6 Å². The molecule has 2 heterocycles. The van der Waals surface area contributed by atoms with Crippen molar-refractivity contribution < 1.29 is 9.72 Å². The monoisotopic (exact) mass is 354 g/mol. The number of halogens is 1. The summed E-state index contributed by atoms with van der Waals surface area (Å²) in [6.45, 7) is 6.34. The lowest BCUT2D eigenvalue weighted by atomic mass is 10.3. The standard InChI is InChI=1S/C14H19ClN6O3/c1-4-19-8-11(15)12(18-19)7-16-13(22)5-6-20-10(3)14(21(23)24)9(2)17-20/h8H,4-7H2,1-3H3,(H,16,22). The quantitative estimate of drug-likeness (QED) is 0.604. The van der Waals surface area contributed by atoms with Crippen LogP contribution in [0.25, 0.3) is 0 Å². The average Bonchev–Trinajstić information content (AvgIpc) is 3.02. The zero-order chi connectivity index (χ0) is 17.9. The minimum atomic E-state index is -0.458. The molecule has 0 aliphatic heterocycles. The van der Waals surface area contributed by atoms with Crippen LogP contribution in [0.15, 0.2) is 6.20 Å². The van der Waals surface area contributed by atoms with Crippen LogP contribution in [0.1, 0.15) is 30.4 Å². The lowest BCUT2D eigenvalue weighted by molar-refractivity contribution is -0.386. The SMILES string of the molecule is CCn1cc(Cl)c(CNC(=O)CCn2nc(C)c([N+](=O)[O-])c2C)n1. The molecule has 24 heavy (non-hydrogen) atoms. The van der Waals surface area contributed by atoms with Crippen LogP contribution in [0, 0.1) is 24.0 Å². The molecule has 0 bridgehead atoms. The molecule has 0 aromatic carbocycles. The van der Waals surface area contributed by atoms with Crippen molar-refractivity contribution in [3.05, 3.63) is 38.4 Å². The summed E-state index contributed by atoms with van der Waals surface area (Å²) in [5, 5.41) is 22.6. The van der Waals surface area contributed by atoms with E-state index in [0.717, 1.165) is 0 Å². The van der Waals surface area contributed by atoms with Crippen LogP contribution in [0.5, 0.6) is 0 Å². The van der Waals surface area contributed by atoms with Gasteiger partial charge in [0.1, 0.15) is 17.1 Å². The van der Waals surface area contributed by atoms with Crippen LogP contribution in [0.4, 0.5) is 5.69 Å².